The number of amides is 1. The third-order valence-electron chi connectivity index (χ3n) is 2.33. The van der Waals surface area contributed by atoms with Crippen molar-refractivity contribution in [2.45, 2.75) is 13.3 Å². The predicted molar refractivity (Wildman–Crippen MR) is 59.9 cm³/mol. The van der Waals surface area contributed by atoms with Gasteiger partial charge in [-0.1, -0.05) is 5.16 Å². The third-order valence-corrected chi connectivity index (χ3v) is 2.33. The number of aryl methyl sites for hydroxylation is 1. The van der Waals surface area contributed by atoms with E-state index >= 15 is 0 Å². The number of nitrogens with zero attached hydrogens (tertiary/aromatic N) is 1. The van der Waals surface area contributed by atoms with Gasteiger partial charge in [-0.2, -0.15) is 0 Å². The lowest BCUT2D eigenvalue weighted by molar-refractivity contribution is -0.115. The standard InChI is InChI=1S/C12H9F3N2O2/c1-6-4-7(17-19-6)5-10(18)16-9-3-2-8(13)11(14)12(9)15/h2-4H,5H2,1H3,(H,16,18). The number of halogens is 3. The van der Waals surface area contributed by atoms with Crippen LogP contribution in [0.4, 0.5) is 18.9 Å². The molecule has 2 aromatic rings. The van der Waals surface area contributed by atoms with Crippen LogP contribution in [0.5, 0.6) is 0 Å². The van der Waals surface area contributed by atoms with E-state index in [4.69, 9.17) is 4.52 Å². The number of hydrogen-bond acceptors (Lipinski definition) is 3. The molecule has 0 aliphatic rings. The van der Waals surface area contributed by atoms with Crippen LogP contribution >= 0.6 is 0 Å². The van der Waals surface area contributed by atoms with Crippen LogP contribution in [0.15, 0.2) is 22.7 Å². The van der Waals surface area contributed by atoms with Gasteiger partial charge < -0.3 is 9.84 Å². The van der Waals surface area contributed by atoms with Crippen molar-refractivity contribution >= 4 is 11.6 Å². The molecule has 0 saturated heterocycles. The fraction of sp³-hybridized carbons (Fsp3) is 0.167. The van der Waals surface area contributed by atoms with Gasteiger partial charge in [0.1, 0.15) is 5.76 Å². The van der Waals surface area contributed by atoms with E-state index in [0.29, 0.717) is 11.5 Å². The molecule has 1 aromatic heterocycles. The first-order valence-electron chi connectivity index (χ1n) is 5.33. The summed E-state index contributed by atoms with van der Waals surface area (Å²) in [6.07, 6.45) is -0.157. The molecule has 0 aliphatic carbocycles. The molecule has 0 bridgehead atoms. The molecule has 1 heterocycles. The van der Waals surface area contributed by atoms with Gasteiger partial charge in [0.15, 0.2) is 17.5 Å². The van der Waals surface area contributed by atoms with E-state index in [9.17, 15) is 18.0 Å². The average Bonchev–Trinajstić information content (AvgIpc) is 2.75. The Balaban J connectivity index is 2.09. The monoisotopic (exact) mass is 270 g/mol. The molecule has 0 saturated carbocycles. The first kappa shape index (κ1) is 13.1. The summed E-state index contributed by atoms with van der Waals surface area (Å²) in [7, 11) is 0. The Morgan fingerprint density at radius 1 is 1.32 bits per heavy atom. The molecule has 4 nitrogen and oxygen atoms in total. The van der Waals surface area contributed by atoms with E-state index in [1.165, 1.54) is 0 Å². The molecule has 0 fully saturated rings. The lowest BCUT2D eigenvalue weighted by Gasteiger charge is -2.06. The van der Waals surface area contributed by atoms with E-state index in [0.717, 1.165) is 12.1 Å². The predicted octanol–water partition coefficient (Wildman–Crippen LogP) is 2.58. The number of anilines is 1. The summed E-state index contributed by atoms with van der Waals surface area (Å²) in [5.41, 5.74) is -0.0675. The maximum absolute atomic E-state index is 13.3. The van der Waals surface area contributed by atoms with Gasteiger partial charge in [-0.3, -0.25) is 4.79 Å². The summed E-state index contributed by atoms with van der Waals surface area (Å²) in [5, 5.41) is 5.72. The van der Waals surface area contributed by atoms with Crippen molar-refractivity contribution in [1.29, 1.82) is 0 Å². The van der Waals surface area contributed by atoms with Crippen molar-refractivity contribution in [3.05, 3.63) is 47.1 Å². The molecular formula is C12H9F3N2O2. The van der Waals surface area contributed by atoms with Crippen molar-refractivity contribution in [2.24, 2.45) is 0 Å². The minimum atomic E-state index is -1.63. The zero-order valence-electron chi connectivity index (χ0n) is 9.84. The van der Waals surface area contributed by atoms with E-state index in [-0.39, 0.29) is 6.42 Å². The van der Waals surface area contributed by atoms with Crippen LogP contribution in [-0.2, 0) is 11.2 Å². The maximum atomic E-state index is 13.3. The minimum absolute atomic E-state index is 0.157. The van der Waals surface area contributed by atoms with Gasteiger partial charge in [-0.25, -0.2) is 13.2 Å². The van der Waals surface area contributed by atoms with Crippen LogP contribution in [0.1, 0.15) is 11.5 Å². The van der Waals surface area contributed by atoms with Crippen molar-refractivity contribution in [3.8, 4) is 0 Å². The molecule has 2 rings (SSSR count). The molecule has 0 aliphatic heterocycles. The second-order valence-corrected chi connectivity index (χ2v) is 3.88. The van der Waals surface area contributed by atoms with Gasteiger partial charge in [0.05, 0.1) is 17.8 Å². The molecule has 0 unspecified atom stereocenters. The number of hydrogen-bond donors (Lipinski definition) is 1. The number of aromatic nitrogens is 1. The van der Waals surface area contributed by atoms with Gasteiger partial charge in [0.2, 0.25) is 5.91 Å². The second kappa shape index (κ2) is 5.13. The molecule has 0 atom stereocenters. The molecule has 0 spiro atoms. The lowest BCUT2D eigenvalue weighted by atomic mass is 10.2. The van der Waals surface area contributed by atoms with Crippen LogP contribution in [0.3, 0.4) is 0 Å². The highest BCUT2D eigenvalue weighted by Gasteiger charge is 2.16. The SMILES string of the molecule is Cc1cc(CC(=O)Nc2ccc(F)c(F)c2F)no1. The Kier molecular flexibility index (Phi) is 3.55. The first-order valence-corrected chi connectivity index (χ1v) is 5.33. The van der Waals surface area contributed by atoms with E-state index < -0.39 is 29.0 Å². The normalized spacial score (nSPS) is 10.5. The largest absolute Gasteiger partial charge is 0.361 e. The van der Waals surface area contributed by atoms with E-state index in [1.807, 2.05) is 0 Å². The van der Waals surface area contributed by atoms with Crippen LogP contribution in [-0.4, -0.2) is 11.1 Å². The molecule has 1 aromatic carbocycles. The van der Waals surface area contributed by atoms with Crippen LogP contribution < -0.4 is 5.32 Å². The molecule has 100 valence electrons. The number of nitrogens with one attached hydrogen (secondary N) is 1. The Hall–Kier alpha value is -2.31. The third kappa shape index (κ3) is 2.93. The number of carbonyl (C=O) groups is 1. The van der Waals surface area contributed by atoms with Crippen molar-refractivity contribution in [1.82, 2.24) is 5.16 Å². The number of benzene rings is 1. The van der Waals surface area contributed by atoms with Crippen LogP contribution in [0.25, 0.3) is 0 Å². The quantitative estimate of drug-likeness (QED) is 0.872. The average molecular weight is 270 g/mol. The van der Waals surface area contributed by atoms with E-state index in [2.05, 4.69) is 10.5 Å². The highest BCUT2D eigenvalue weighted by molar-refractivity contribution is 5.92. The van der Waals surface area contributed by atoms with Crippen LogP contribution in [0, 0.1) is 24.4 Å². The first-order chi connectivity index (χ1) is 8.97. The fourth-order valence-corrected chi connectivity index (χ4v) is 1.48. The van der Waals surface area contributed by atoms with Gasteiger partial charge in [0, 0.05) is 6.07 Å². The van der Waals surface area contributed by atoms with Gasteiger partial charge in [0.25, 0.3) is 0 Å². The molecule has 0 radical (unpaired) electrons. The summed E-state index contributed by atoms with van der Waals surface area (Å²) < 4.78 is 43.7. The lowest BCUT2D eigenvalue weighted by Crippen LogP contribution is -2.16. The smallest absolute Gasteiger partial charge is 0.230 e. The minimum Gasteiger partial charge on any atom is -0.361 e. The van der Waals surface area contributed by atoms with Crippen molar-refractivity contribution in [3.63, 3.8) is 0 Å². The van der Waals surface area contributed by atoms with Gasteiger partial charge in [-0.15, -0.1) is 0 Å². The Morgan fingerprint density at radius 2 is 2.05 bits per heavy atom. The number of rotatable bonds is 3. The fourth-order valence-electron chi connectivity index (χ4n) is 1.48. The van der Waals surface area contributed by atoms with Gasteiger partial charge in [-0.05, 0) is 19.1 Å². The number of carbonyl (C=O) groups excluding carboxylic acids is 1. The highest BCUT2D eigenvalue weighted by Crippen LogP contribution is 2.19. The molecule has 1 amide bonds. The van der Waals surface area contributed by atoms with Crippen LogP contribution in [0.2, 0.25) is 0 Å². The summed E-state index contributed by atoms with van der Waals surface area (Å²) >= 11 is 0. The van der Waals surface area contributed by atoms with Crippen molar-refractivity contribution < 1.29 is 22.5 Å². The summed E-state index contributed by atoms with van der Waals surface area (Å²) in [5.74, 6) is -4.47. The molecule has 1 N–H and O–H groups in total. The van der Waals surface area contributed by atoms with Crippen molar-refractivity contribution in [2.75, 3.05) is 5.32 Å². The topological polar surface area (TPSA) is 55.1 Å². The molecule has 7 heteroatoms. The Labute approximate surface area is 106 Å². The maximum Gasteiger partial charge on any atom is 0.230 e. The zero-order chi connectivity index (χ0) is 14.0. The summed E-state index contributed by atoms with van der Waals surface area (Å²) in [4.78, 5) is 11.6. The second-order valence-electron chi connectivity index (χ2n) is 3.88. The van der Waals surface area contributed by atoms with Gasteiger partial charge >= 0.3 is 0 Å². The summed E-state index contributed by atoms with van der Waals surface area (Å²) in [6.45, 7) is 1.66. The zero-order valence-corrected chi connectivity index (χ0v) is 9.84. The summed E-state index contributed by atoms with van der Waals surface area (Å²) in [6, 6.07) is 3.22. The highest BCUT2D eigenvalue weighted by atomic mass is 19.2. The molecular weight excluding hydrogens is 261 g/mol. The Bertz CT molecular complexity index is 625. The molecule has 19 heavy (non-hydrogen) atoms. The van der Waals surface area contributed by atoms with E-state index in [1.54, 1.807) is 13.0 Å². The Morgan fingerprint density at radius 3 is 2.68 bits per heavy atom.